The van der Waals surface area contributed by atoms with E-state index < -0.39 is 11.6 Å². The highest BCUT2D eigenvalue weighted by Gasteiger charge is 2.22. The van der Waals surface area contributed by atoms with E-state index >= 15 is 0 Å². The number of hydrogen-bond donors (Lipinski definition) is 0. The van der Waals surface area contributed by atoms with Gasteiger partial charge in [-0.05, 0) is 36.5 Å². The van der Waals surface area contributed by atoms with E-state index in [0.29, 0.717) is 18.4 Å². The summed E-state index contributed by atoms with van der Waals surface area (Å²) in [6, 6.07) is 2.67. The van der Waals surface area contributed by atoms with Crippen molar-refractivity contribution in [1.82, 2.24) is 9.55 Å². The van der Waals surface area contributed by atoms with Crippen molar-refractivity contribution in [2.45, 2.75) is 25.3 Å². The molecule has 1 aliphatic rings. The Kier molecular flexibility index (Phi) is 2.42. The van der Waals surface area contributed by atoms with Crippen molar-refractivity contribution < 1.29 is 8.78 Å². The van der Waals surface area contributed by atoms with Gasteiger partial charge in [0.1, 0.15) is 11.6 Å². The number of aromatic nitrogens is 2. The Morgan fingerprint density at radius 3 is 2.94 bits per heavy atom. The molecule has 88 valence electrons. The van der Waals surface area contributed by atoms with E-state index in [4.69, 9.17) is 0 Å². The van der Waals surface area contributed by atoms with Gasteiger partial charge >= 0.3 is 0 Å². The van der Waals surface area contributed by atoms with Crippen LogP contribution < -0.4 is 0 Å². The van der Waals surface area contributed by atoms with Gasteiger partial charge in [-0.25, -0.2) is 13.8 Å². The maximum absolute atomic E-state index is 13.5. The van der Waals surface area contributed by atoms with Crippen molar-refractivity contribution in [3.05, 3.63) is 53.6 Å². The molecule has 4 heteroatoms. The second-order valence-electron chi connectivity index (χ2n) is 4.43. The molecule has 1 heterocycles. The zero-order valence-corrected chi connectivity index (χ0v) is 9.24. The van der Waals surface area contributed by atoms with E-state index in [1.54, 1.807) is 12.5 Å². The fourth-order valence-corrected chi connectivity index (χ4v) is 2.53. The summed E-state index contributed by atoms with van der Waals surface area (Å²) in [6.07, 6.45) is 7.56. The molecule has 0 unspecified atom stereocenters. The largest absolute Gasteiger partial charge is 0.334 e. The Balaban J connectivity index is 1.95. The third-order valence-corrected chi connectivity index (χ3v) is 3.38. The molecule has 2 aromatic rings. The average Bonchev–Trinajstić information content (AvgIpc) is 2.81. The van der Waals surface area contributed by atoms with Crippen LogP contribution in [0.25, 0.3) is 0 Å². The van der Waals surface area contributed by atoms with Crippen molar-refractivity contribution >= 4 is 0 Å². The van der Waals surface area contributed by atoms with Crippen LogP contribution in [0, 0.1) is 11.6 Å². The molecule has 0 bridgehead atoms. The van der Waals surface area contributed by atoms with Crippen molar-refractivity contribution in [3.63, 3.8) is 0 Å². The summed E-state index contributed by atoms with van der Waals surface area (Å²) in [7, 11) is 0. The van der Waals surface area contributed by atoms with Gasteiger partial charge in [0.15, 0.2) is 0 Å². The molecule has 2 nitrogen and oxygen atoms in total. The fourth-order valence-electron chi connectivity index (χ4n) is 2.53. The van der Waals surface area contributed by atoms with Crippen LogP contribution in [-0.4, -0.2) is 9.55 Å². The number of halogens is 2. The number of imidazole rings is 1. The van der Waals surface area contributed by atoms with Crippen LogP contribution in [0.15, 0.2) is 30.9 Å². The van der Waals surface area contributed by atoms with Gasteiger partial charge in [-0.3, -0.25) is 0 Å². The second-order valence-corrected chi connectivity index (χ2v) is 4.43. The first kappa shape index (κ1) is 10.4. The van der Waals surface area contributed by atoms with Crippen molar-refractivity contribution in [2.24, 2.45) is 0 Å². The topological polar surface area (TPSA) is 17.8 Å². The molecule has 0 spiro atoms. The van der Waals surface area contributed by atoms with E-state index in [1.165, 1.54) is 6.07 Å². The quantitative estimate of drug-likeness (QED) is 0.741. The summed E-state index contributed by atoms with van der Waals surface area (Å²) in [4.78, 5) is 4.00. The first-order valence-electron chi connectivity index (χ1n) is 5.68. The summed E-state index contributed by atoms with van der Waals surface area (Å²) in [6.45, 7) is 0. The number of nitrogens with zero attached hydrogens (tertiary/aromatic N) is 2. The van der Waals surface area contributed by atoms with E-state index in [9.17, 15) is 8.78 Å². The molecule has 0 amide bonds. The smallest absolute Gasteiger partial charge is 0.129 e. The first-order valence-corrected chi connectivity index (χ1v) is 5.68. The van der Waals surface area contributed by atoms with Crippen LogP contribution >= 0.6 is 0 Å². The van der Waals surface area contributed by atoms with E-state index in [-0.39, 0.29) is 6.04 Å². The van der Waals surface area contributed by atoms with Gasteiger partial charge in [-0.15, -0.1) is 0 Å². The zero-order valence-electron chi connectivity index (χ0n) is 9.24. The summed E-state index contributed by atoms with van der Waals surface area (Å²) in [5, 5.41) is 0. The predicted molar refractivity (Wildman–Crippen MR) is 59.6 cm³/mol. The molecule has 0 saturated heterocycles. The summed E-state index contributed by atoms with van der Waals surface area (Å²) < 4.78 is 28.7. The van der Waals surface area contributed by atoms with Crippen molar-refractivity contribution in [3.8, 4) is 0 Å². The lowest BCUT2D eigenvalue weighted by Gasteiger charge is -2.25. The standard InChI is InChI=1S/C13H12F2N2/c14-10-5-9-6-11(17-4-3-16-8-17)1-2-12(9)13(15)7-10/h3-5,7-8,11H,1-2,6H2/t11-/m0/s1. The lowest BCUT2D eigenvalue weighted by Crippen LogP contribution is -2.18. The number of fused-ring (bicyclic) bond motifs is 1. The van der Waals surface area contributed by atoms with Gasteiger partial charge in [-0.2, -0.15) is 0 Å². The molecule has 0 aliphatic heterocycles. The van der Waals surface area contributed by atoms with Gasteiger partial charge < -0.3 is 4.57 Å². The van der Waals surface area contributed by atoms with Crippen LogP contribution in [0.1, 0.15) is 23.6 Å². The first-order chi connectivity index (χ1) is 8.24. The second kappa shape index (κ2) is 3.95. The minimum atomic E-state index is -0.493. The molecule has 1 aromatic carbocycles. The highest BCUT2D eigenvalue weighted by Crippen LogP contribution is 2.30. The van der Waals surface area contributed by atoms with Gasteiger partial charge in [0.25, 0.3) is 0 Å². The Morgan fingerprint density at radius 2 is 2.18 bits per heavy atom. The molecule has 0 N–H and O–H groups in total. The molecule has 1 aromatic heterocycles. The Labute approximate surface area is 97.9 Å². The average molecular weight is 234 g/mol. The van der Waals surface area contributed by atoms with Crippen molar-refractivity contribution in [1.29, 1.82) is 0 Å². The Morgan fingerprint density at radius 1 is 1.29 bits per heavy atom. The maximum Gasteiger partial charge on any atom is 0.129 e. The minimum absolute atomic E-state index is 0.256. The molecule has 17 heavy (non-hydrogen) atoms. The molecule has 1 atom stereocenters. The minimum Gasteiger partial charge on any atom is -0.334 e. The molecular formula is C13H12F2N2. The maximum atomic E-state index is 13.5. The molecule has 0 radical (unpaired) electrons. The number of benzene rings is 1. The number of rotatable bonds is 1. The molecule has 0 fully saturated rings. The predicted octanol–water partition coefficient (Wildman–Crippen LogP) is 2.89. The molecule has 1 aliphatic carbocycles. The van der Waals surface area contributed by atoms with Crippen LogP contribution in [0.2, 0.25) is 0 Å². The van der Waals surface area contributed by atoms with Gasteiger partial charge in [0.2, 0.25) is 0 Å². The zero-order chi connectivity index (χ0) is 11.8. The lowest BCUT2D eigenvalue weighted by molar-refractivity contribution is 0.429. The summed E-state index contributed by atoms with van der Waals surface area (Å²) in [5.41, 5.74) is 1.45. The normalized spacial score (nSPS) is 19.1. The van der Waals surface area contributed by atoms with Crippen molar-refractivity contribution in [2.75, 3.05) is 0 Å². The monoisotopic (exact) mass is 234 g/mol. The van der Waals surface area contributed by atoms with Crippen LogP contribution in [0.5, 0.6) is 0 Å². The van der Waals surface area contributed by atoms with Gasteiger partial charge in [0.05, 0.1) is 6.33 Å². The number of hydrogen-bond acceptors (Lipinski definition) is 1. The summed E-state index contributed by atoms with van der Waals surface area (Å²) >= 11 is 0. The van der Waals surface area contributed by atoms with Gasteiger partial charge in [0, 0.05) is 24.5 Å². The van der Waals surface area contributed by atoms with E-state index in [2.05, 4.69) is 4.98 Å². The summed E-state index contributed by atoms with van der Waals surface area (Å²) in [5.74, 6) is -0.906. The molecule has 0 saturated carbocycles. The van der Waals surface area contributed by atoms with E-state index in [1.807, 2.05) is 10.8 Å². The van der Waals surface area contributed by atoms with Gasteiger partial charge in [-0.1, -0.05) is 0 Å². The highest BCUT2D eigenvalue weighted by atomic mass is 19.1. The highest BCUT2D eigenvalue weighted by molar-refractivity contribution is 5.32. The van der Waals surface area contributed by atoms with Crippen LogP contribution in [0.3, 0.4) is 0 Å². The Hall–Kier alpha value is -1.71. The Bertz CT molecular complexity index is 535. The third kappa shape index (κ3) is 1.84. The lowest BCUT2D eigenvalue weighted by atomic mass is 9.87. The fraction of sp³-hybridized carbons (Fsp3) is 0.308. The third-order valence-electron chi connectivity index (χ3n) is 3.38. The van der Waals surface area contributed by atoms with E-state index in [0.717, 1.165) is 18.1 Å². The molecule has 3 rings (SSSR count). The van der Waals surface area contributed by atoms with Crippen LogP contribution in [0.4, 0.5) is 8.78 Å². The molecular weight excluding hydrogens is 222 g/mol. The SMILES string of the molecule is Fc1cc(F)c2c(c1)C[C@@H](n1ccnc1)CC2. The van der Waals surface area contributed by atoms with Crippen LogP contribution in [-0.2, 0) is 12.8 Å².